The van der Waals surface area contributed by atoms with Gasteiger partial charge in [0.15, 0.2) is 5.78 Å². The van der Waals surface area contributed by atoms with Gasteiger partial charge in [0.25, 0.3) is 0 Å². The summed E-state index contributed by atoms with van der Waals surface area (Å²) >= 11 is 0. The van der Waals surface area contributed by atoms with Crippen molar-refractivity contribution < 1.29 is 4.79 Å². The molecule has 0 aliphatic heterocycles. The molecule has 0 aromatic carbocycles. The van der Waals surface area contributed by atoms with Gasteiger partial charge in [0.1, 0.15) is 5.70 Å². The Balaban J connectivity index is 4.55. The lowest BCUT2D eigenvalue weighted by molar-refractivity contribution is -0.113. The predicted molar refractivity (Wildman–Crippen MR) is 38.6 cm³/mol. The largest absolute Gasteiger partial charge is 0.293 e. The molecule has 0 heterocycles. The van der Waals surface area contributed by atoms with Crippen LogP contribution in [0.2, 0.25) is 0 Å². The first kappa shape index (κ1) is 8.08. The highest BCUT2D eigenvalue weighted by molar-refractivity contribution is 5.94. The number of hydrogen-bond donors (Lipinski definition) is 0. The van der Waals surface area contributed by atoms with Crippen molar-refractivity contribution >= 4 is 12.5 Å². The molecule has 50 valence electrons. The van der Waals surface area contributed by atoms with Crippen molar-refractivity contribution in [2.45, 2.75) is 20.8 Å². The van der Waals surface area contributed by atoms with Crippen LogP contribution < -0.4 is 0 Å². The van der Waals surface area contributed by atoms with E-state index in [-0.39, 0.29) is 5.78 Å². The fourth-order valence-electron chi connectivity index (χ4n) is 0.622. The maximum atomic E-state index is 10.6. The van der Waals surface area contributed by atoms with Gasteiger partial charge in [0.05, 0.1) is 0 Å². The maximum Gasteiger partial charge on any atom is 0.177 e. The van der Waals surface area contributed by atoms with Gasteiger partial charge in [-0.1, -0.05) is 0 Å². The SMILES string of the molecule is C=NC(C(C)=O)=C(C)C. The monoisotopic (exact) mass is 125 g/mol. The Labute approximate surface area is 55.3 Å². The van der Waals surface area contributed by atoms with Gasteiger partial charge in [-0.15, -0.1) is 0 Å². The van der Waals surface area contributed by atoms with Crippen LogP contribution in [0.15, 0.2) is 16.3 Å². The quantitative estimate of drug-likeness (QED) is 0.407. The molecule has 0 aliphatic rings. The van der Waals surface area contributed by atoms with Crippen LogP contribution in [-0.4, -0.2) is 12.5 Å². The Morgan fingerprint density at radius 2 is 1.78 bits per heavy atom. The summed E-state index contributed by atoms with van der Waals surface area (Å²) in [4.78, 5) is 14.2. The molecule has 0 spiro atoms. The molecule has 0 amide bonds. The van der Waals surface area contributed by atoms with Crippen LogP contribution in [0.3, 0.4) is 0 Å². The van der Waals surface area contributed by atoms with Crippen molar-refractivity contribution in [3.8, 4) is 0 Å². The van der Waals surface area contributed by atoms with E-state index in [1.165, 1.54) is 6.92 Å². The van der Waals surface area contributed by atoms with Gasteiger partial charge >= 0.3 is 0 Å². The molecule has 0 rings (SSSR count). The Morgan fingerprint density at radius 1 is 1.33 bits per heavy atom. The second kappa shape index (κ2) is 3.17. The number of ketones is 1. The normalized spacial score (nSPS) is 8.33. The minimum atomic E-state index is -0.0231. The molecule has 0 saturated heterocycles. The summed E-state index contributed by atoms with van der Waals surface area (Å²) in [5.74, 6) is -0.0231. The molecule has 0 radical (unpaired) electrons. The van der Waals surface area contributed by atoms with E-state index in [2.05, 4.69) is 11.7 Å². The molecular formula is C7H11NO. The standard InChI is InChI=1S/C7H11NO/c1-5(2)7(8-4)6(3)9/h4H2,1-3H3. The molecule has 0 aliphatic carbocycles. The molecule has 0 aromatic heterocycles. The zero-order valence-corrected chi connectivity index (χ0v) is 6.06. The molecule has 0 unspecified atom stereocenters. The Kier molecular flexibility index (Phi) is 2.85. The predicted octanol–water partition coefficient (Wildman–Crippen LogP) is 1.57. The lowest BCUT2D eigenvalue weighted by Crippen LogP contribution is -1.94. The van der Waals surface area contributed by atoms with Gasteiger partial charge in [-0.05, 0) is 26.1 Å². The van der Waals surface area contributed by atoms with Gasteiger partial charge in [-0.25, -0.2) is 0 Å². The molecule has 0 atom stereocenters. The highest BCUT2D eigenvalue weighted by atomic mass is 16.1. The number of carbonyl (C=O) groups is 1. The first-order valence-electron chi connectivity index (χ1n) is 2.74. The smallest absolute Gasteiger partial charge is 0.177 e. The summed E-state index contributed by atoms with van der Waals surface area (Å²) in [7, 11) is 0. The third-order valence-electron chi connectivity index (χ3n) is 0.965. The number of rotatable bonds is 2. The van der Waals surface area contributed by atoms with Crippen LogP contribution in [0.1, 0.15) is 20.8 Å². The minimum absolute atomic E-state index is 0.0231. The van der Waals surface area contributed by atoms with E-state index in [4.69, 9.17) is 0 Å². The number of hydrogen-bond acceptors (Lipinski definition) is 2. The molecular weight excluding hydrogens is 114 g/mol. The molecule has 2 heteroatoms. The maximum absolute atomic E-state index is 10.6. The van der Waals surface area contributed by atoms with E-state index >= 15 is 0 Å². The second-order valence-corrected chi connectivity index (χ2v) is 2.06. The summed E-state index contributed by atoms with van der Waals surface area (Å²) in [6.07, 6.45) is 0. The number of Topliss-reactive ketones (excluding diaryl/α,β-unsaturated/α-hetero) is 1. The zero-order valence-electron chi connectivity index (χ0n) is 6.06. The molecule has 0 saturated carbocycles. The fraction of sp³-hybridized carbons (Fsp3) is 0.429. The van der Waals surface area contributed by atoms with Crippen LogP contribution in [0, 0.1) is 0 Å². The molecule has 9 heavy (non-hydrogen) atoms. The third-order valence-corrected chi connectivity index (χ3v) is 0.965. The minimum Gasteiger partial charge on any atom is -0.293 e. The lowest BCUT2D eigenvalue weighted by Gasteiger charge is -1.95. The Hall–Kier alpha value is -0.920. The summed E-state index contributed by atoms with van der Waals surface area (Å²) in [5.41, 5.74) is 1.40. The highest BCUT2D eigenvalue weighted by Gasteiger charge is 2.00. The van der Waals surface area contributed by atoms with Crippen molar-refractivity contribution in [2.24, 2.45) is 4.99 Å². The number of nitrogens with zero attached hydrogens (tertiary/aromatic N) is 1. The zero-order chi connectivity index (χ0) is 7.44. The van der Waals surface area contributed by atoms with E-state index in [0.29, 0.717) is 5.70 Å². The highest BCUT2D eigenvalue weighted by Crippen LogP contribution is 2.03. The van der Waals surface area contributed by atoms with E-state index in [1.807, 2.05) is 13.8 Å². The van der Waals surface area contributed by atoms with Gasteiger partial charge in [0, 0.05) is 6.92 Å². The van der Waals surface area contributed by atoms with E-state index in [1.54, 1.807) is 0 Å². The summed E-state index contributed by atoms with van der Waals surface area (Å²) in [5, 5.41) is 0. The third kappa shape index (κ3) is 2.22. The van der Waals surface area contributed by atoms with Crippen molar-refractivity contribution in [1.29, 1.82) is 0 Å². The average Bonchev–Trinajstić information content (AvgIpc) is 1.64. The Bertz CT molecular complexity index is 164. The number of aliphatic imine (C=N–C) groups is 1. The van der Waals surface area contributed by atoms with Crippen LogP contribution in [-0.2, 0) is 4.79 Å². The van der Waals surface area contributed by atoms with Crippen LogP contribution in [0.5, 0.6) is 0 Å². The summed E-state index contributed by atoms with van der Waals surface area (Å²) in [6.45, 7) is 8.44. The van der Waals surface area contributed by atoms with E-state index in [9.17, 15) is 4.79 Å². The first-order valence-corrected chi connectivity index (χ1v) is 2.74. The molecule has 2 nitrogen and oxygen atoms in total. The van der Waals surface area contributed by atoms with Crippen molar-refractivity contribution in [3.63, 3.8) is 0 Å². The number of carbonyl (C=O) groups excluding carboxylic acids is 1. The molecule has 0 bridgehead atoms. The van der Waals surface area contributed by atoms with Crippen LogP contribution in [0.25, 0.3) is 0 Å². The van der Waals surface area contributed by atoms with Gasteiger partial charge in [-0.3, -0.25) is 9.79 Å². The fourth-order valence-corrected chi connectivity index (χ4v) is 0.622. The molecule has 0 aromatic rings. The van der Waals surface area contributed by atoms with Crippen molar-refractivity contribution in [3.05, 3.63) is 11.3 Å². The lowest BCUT2D eigenvalue weighted by atomic mass is 10.2. The summed E-state index contributed by atoms with van der Waals surface area (Å²) in [6, 6.07) is 0. The first-order chi connectivity index (χ1) is 4.09. The Morgan fingerprint density at radius 3 is 1.78 bits per heavy atom. The van der Waals surface area contributed by atoms with Crippen LogP contribution in [0.4, 0.5) is 0 Å². The molecule has 0 fully saturated rings. The van der Waals surface area contributed by atoms with Gasteiger partial charge in [0.2, 0.25) is 0 Å². The van der Waals surface area contributed by atoms with Crippen molar-refractivity contribution in [2.75, 3.05) is 0 Å². The second-order valence-electron chi connectivity index (χ2n) is 2.06. The number of allylic oxidation sites excluding steroid dienone is 2. The molecule has 0 N–H and O–H groups in total. The van der Waals surface area contributed by atoms with Crippen LogP contribution >= 0.6 is 0 Å². The van der Waals surface area contributed by atoms with Crippen molar-refractivity contribution in [1.82, 2.24) is 0 Å². The average molecular weight is 125 g/mol. The summed E-state index contributed by atoms with van der Waals surface area (Å²) < 4.78 is 0. The topological polar surface area (TPSA) is 29.4 Å². The van der Waals surface area contributed by atoms with Gasteiger partial charge < -0.3 is 0 Å². The van der Waals surface area contributed by atoms with E-state index < -0.39 is 0 Å². The van der Waals surface area contributed by atoms with Gasteiger partial charge in [-0.2, -0.15) is 0 Å². The van der Waals surface area contributed by atoms with E-state index in [0.717, 1.165) is 5.57 Å².